The minimum absolute atomic E-state index is 0.0872. The molecule has 1 unspecified atom stereocenters. The van der Waals surface area contributed by atoms with Crippen LogP contribution in [-0.2, 0) is 4.79 Å². The van der Waals surface area contributed by atoms with Gasteiger partial charge in [-0.05, 0) is 17.7 Å². The van der Waals surface area contributed by atoms with E-state index in [9.17, 15) is 23.9 Å². The molecule has 8 nitrogen and oxygen atoms in total. The molecule has 0 radical (unpaired) electrons. The van der Waals surface area contributed by atoms with E-state index in [1.165, 1.54) is 12.1 Å². The topological polar surface area (TPSA) is 123 Å². The summed E-state index contributed by atoms with van der Waals surface area (Å²) in [6.07, 6.45) is -2.42. The van der Waals surface area contributed by atoms with Gasteiger partial charge in [0.2, 0.25) is 0 Å². The molecule has 0 bridgehead atoms. The van der Waals surface area contributed by atoms with Crippen molar-refractivity contribution in [2.45, 2.75) is 18.6 Å². The Hall–Kier alpha value is -2.93. The van der Waals surface area contributed by atoms with Crippen LogP contribution in [0.25, 0.3) is 10.4 Å². The Balaban J connectivity index is 2.27. The van der Waals surface area contributed by atoms with Gasteiger partial charge in [0.1, 0.15) is 12.2 Å². The Labute approximate surface area is 123 Å². The fraction of sp³-hybridized carbons (Fsp3) is 0.308. The fourth-order valence-electron chi connectivity index (χ4n) is 2.25. The van der Waals surface area contributed by atoms with Crippen molar-refractivity contribution in [3.63, 3.8) is 0 Å². The largest absolute Gasteiger partial charge is 0.480 e. The molecular weight excluding hydrogens is 295 g/mol. The standard InChI is InChI=1S/C13H11FN4O4/c14-7(6-16-17-15)5-10(13(21)22)18-11(19)8-3-1-2-4-9(8)12(18)20/h1-4,7,10H,5-6H2,(H,21,22)/t7?,10-/m0/s1. The first-order chi connectivity index (χ1) is 10.5. The van der Waals surface area contributed by atoms with Gasteiger partial charge in [0.25, 0.3) is 11.8 Å². The Bertz CT molecular complexity index is 651. The smallest absolute Gasteiger partial charge is 0.327 e. The van der Waals surface area contributed by atoms with Crippen molar-refractivity contribution in [3.8, 4) is 0 Å². The van der Waals surface area contributed by atoms with Gasteiger partial charge in [0.05, 0.1) is 17.7 Å². The average Bonchev–Trinajstić information content (AvgIpc) is 2.75. The molecule has 1 aromatic rings. The van der Waals surface area contributed by atoms with Gasteiger partial charge in [-0.25, -0.2) is 9.18 Å². The minimum atomic E-state index is -1.78. The molecule has 1 heterocycles. The van der Waals surface area contributed by atoms with E-state index < -0.39 is 43.0 Å². The van der Waals surface area contributed by atoms with Crippen molar-refractivity contribution in [1.82, 2.24) is 4.90 Å². The third-order valence-corrected chi connectivity index (χ3v) is 3.24. The molecule has 1 aromatic carbocycles. The molecule has 2 amide bonds. The molecule has 0 aliphatic carbocycles. The fourth-order valence-corrected chi connectivity index (χ4v) is 2.25. The van der Waals surface area contributed by atoms with Crippen LogP contribution < -0.4 is 0 Å². The number of hydrogen-bond acceptors (Lipinski definition) is 4. The van der Waals surface area contributed by atoms with Crippen molar-refractivity contribution in [2.24, 2.45) is 5.11 Å². The molecule has 0 saturated carbocycles. The van der Waals surface area contributed by atoms with Crippen LogP contribution in [0, 0.1) is 0 Å². The molecule has 0 aromatic heterocycles. The zero-order valence-corrected chi connectivity index (χ0v) is 11.2. The van der Waals surface area contributed by atoms with Crippen LogP contribution in [0.2, 0.25) is 0 Å². The van der Waals surface area contributed by atoms with E-state index in [1.807, 2.05) is 0 Å². The highest BCUT2D eigenvalue weighted by Gasteiger charge is 2.43. The molecule has 9 heteroatoms. The maximum absolute atomic E-state index is 13.7. The highest BCUT2D eigenvalue weighted by Crippen LogP contribution is 2.26. The molecule has 2 rings (SSSR count). The first kappa shape index (κ1) is 15.5. The monoisotopic (exact) mass is 306 g/mol. The maximum atomic E-state index is 13.7. The third kappa shape index (κ3) is 2.75. The molecule has 0 spiro atoms. The van der Waals surface area contributed by atoms with Crippen molar-refractivity contribution in [2.75, 3.05) is 6.54 Å². The SMILES string of the molecule is [N-]=[N+]=NCC(F)C[C@@H](C(=O)O)N1C(=O)c2ccccc2C1=O. The second-order valence-corrected chi connectivity index (χ2v) is 4.63. The van der Waals surface area contributed by atoms with Gasteiger partial charge >= 0.3 is 5.97 Å². The van der Waals surface area contributed by atoms with Gasteiger partial charge < -0.3 is 5.11 Å². The van der Waals surface area contributed by atoms with Crippen LogP contribution in [0.4, 0.5) is 4.39 Å². The summed E-state index contributed by atoms with van der Waals surface area (Å²) in [7, 11) is 0. The first-order valence-electron chi connectivity index (χ1n) is 6.32. The number of amides is 2. The Kier molecular flexibility index (Phi) is 4.38. The van der Waals surface area contributed by atoms with Crippen LogP contribution in [0.1, 0.15) is 27.1 Å². The lowest BCUT2D eigenvalue weighted by Crippen LogP contribution is -2.46. The van der Waals surface area contributed by atoms with E-state index >= 15 is 0 Å². The van der Waals surface area contributed by atoms with Crippen molar-refractivity contribution < 1.29 is 23.9 Å². The molecule has 22 heavy (non-hydrogen) atoms. The van der Waals surface area contributed by atoms with E-state index in [0.717, 1.165) is 0 Å². The van der Waals surface area contributed by atoms with Gasteiger partial charge in [-0.3, -0.25) is 14.5 Å². The van der Waals surface area contributed by atoms with Gasteiger partial charge in [0.15, 0.2) is 0 Å². The summed E-state index contributed by atoms with van der Waals surface area (Å²) >= 11 is 0. The predicted octanol–water partition coefficient (Wildman–Crippen LogP) is 1.77. The summed E-state index contributed by atoms with van der Waals surface area (Å²) in [6.45, 7) is -0.566. The zero-order valence-electron chi connectivity index (χ0n) is 11.2. The van der Waals surface area contributed by atoms with E-state index in [2.05, 4.69) is 10.0 Å². The number of benzene rings is 1. The second-order valence-electron chi connectivity index (χ2n) is 4.63. The van der Waals surface area contributed by atoms with Crippen LogP contribution in [0.15, 0.2) is 29.4 Å². The number of alkyl halides is 1. The quantitative estimate of drug-likeness (QED) is 0.372. The zero-order chi connectivity index (χ0) is 16.3. The lowest BCUT2D eigenvalue weighted by molar-refractivity contribution is -0.142. The average molecular weight is 306 g/mol. The highest BCUT2D eigenvalue weighted by molar-refractivity contribution is 6.22. The van der Waals surface area contributed by atoms with E-state index in [4.69, 9.17) is 5.53 Å². The van der Waals surface area contributed by atoms with Crippen LogP contribution in [0.3, 0.4) is 0 Å². The molecular formula is C13H11FN4O4. The summed E-state index contributed by atoms with van der Waals surface area (Å²) in [5.41, 5.74) is 8.30. The van der Waals surface area contributed by atoms with Gasteiger partial charge in [0, 0.05) is 11.3 Å². The number of imide groups is 1. The van der Waals surface area contributed by atoms with E-state index in [1.54, 1.807) is 12.1 Å². The number of halogens is 1. The Morgan fingerprint density at radius 2 is 1.86 bits per heavy atom. The predicted molar refractivity (Wildman–Crippen MR) is 71.9 cm³/mol. The molecule has 1 aliphatic heterocycles. The van der Waals surface area contributed by atoms with Crippen molar-refractivity contribution >= 4 is 17.8 Å². The number of aliphatic carboxylic acids is 1. The van der Waals surface area contributed by atoms with Crippen LogP contribution in [0.5, 0.6) is 0 Å². The molecule has 1 N–H and O–H groups in total. The lowest BCUT2D eigenvalue weighted by Gasteiger charge is -2.23. The summed E-state index contributed by atoms with van der Waals surface area (Å²) in [4.78, 5) is 38.6. The number of nitrogens with zero attached hydrogens (tertiary/aromatic N) is 4. The van der Waals surface area contributed by atoms with Gasteiger partial charge in [-0.15, -0.1) is 0 Å². The molecule has 1 aliphatic rings. The maximum Gasteiger partial charge on any atom is 0.327 e. The lowest BCUT2D eigenvalue weighted by atomic mass is 10.1. The van der Waals surface area contributed by atoms with E-state index in [-0.39, 0.29) is 11.1 Å². The normalized spacial score (nSPS) is 16.0. The molecule has 0 fully saturated rings. The molecule has 2 atom stereocenters. The number of rotatable bonds is 6. The number of carbonyl (C=O) groups is 3. The number of azide groups is 1. The van der Waals surface area contributed by atoms with E-state index in [0.29, 0.717) is 4.90 Å². The van der Waals surface area contributed by atoms with Gasteiger partial charge in [-0.2, -0.15) is 0 Å². The van der Waals surface area contributed by atoms with Crippen molar-refractivity contribution in [3.05, 3.63) is 45.8 Å². The number of carbonyl (C=O) groups excluding carboxylic acids is 2. The molecule has 114 valence electrons. The Morgan fingerprint density at radius 3 is 2.32 bits per heavy atom. The van der Waals surface area contributed by atoms with Crippen LogP contribution in [-0.4, -0.2) is 46.5 Å². The third-order valence-electron chi connectivity index (χ3n) is 3.24. The summed E-state index contributed by atoms with van der Waals surface area (Å²) in [6, 6.07) is 4.24. The molecule has 0 saturated heterocycles. The second kappa shape index (κ2) is 6.23. The minimum Gasteiger partial charge on any atom is -0.480 e. The number of hydrogen-bond donors (Lipinski definition) is 1. The first-order valence-corrected chi connectivity index (χ1v) is 6.32. The number of carboxylic acid groups (broad SMARTS) is 1. The summed E-state index contributed by atoms with van der Waals surface area (Å²) in [5, 5.41) is 12.2. The van der Waals surface area contributed by atoms with Gasteiger partial charge in [-0.1, -0.05) is 17.2 Å². The van der Waals surface area contributed by atoms with Crippen molar-refractivity contribution in [1.29, 1.82) is 0 Å². The summed E-state index contributed by atoms with van der Waals surface area (Å²) < 4.78 is 13.7. The summed E-state index contributed by atoms with van der Waals surface area (Å²) in [5.74, 6) is -3.05. The highest BCUT2D eigenvalue weighted by atomic mass is 19.1. The number of carboxylic acids is 1. The number of fused-ring (bicyclic) bond motifs is 1. The van der Waals surface area contributed by atoms with Crippen LogP contribution >= 0.6 is 0 Å². The Morgan fingerprint density at radius 1 is 1.32 bits per heavy atom.